The predicted molar refractivity (Wildman–Crippen MR) is 131 cm³/mol. The van der Waals surface area contributed by atoms with Gasteiger partial charge in [-0.1, -0.05) is 24.3 Å². The van der Waals surface area contributed by atoms with E-state index in [0.29, 0.717) is 30.6 Å². The van der Waals surface area contributed by atoms with Crippen molar-refractivity contribution in [1.82, 2.24) is 14.8 Å². The van der Waals surface area contributed by atoms with Crippen LogP contribution < -0.4 is 4.90 Å². The summed E-state index contributed by atoms with van der Waals surface area (Å²) in [6, 6.07) is 15.3. The number of fused-ring (bicyclic) bond motifs is 4. The van der Waals surface area contributed by atoms with Gasteiger partial charge in [0.25, 0.3) is 5.91 Å². The topological polar surface area (TPSA) is 73.8 Å². The van der Waals surface area contributed by atoms with Crippen molar-refractivity contribution in [2.24, 2.45) is 0 Å². The fourth-order valence-corrected chi connectivity index (χ4v) is 6.86. The van der Waals surface area contributed by atoms with Crippen molar-refractivity contribution >= 4 is 45.0 Å². The zero-order valence-corrected chi connectivity index (χ0v) is 19.9. The largest absolute Gasteiger partial charge is 0.333 e. The standard InChI is InChI=1S/C26H26N4O3S/c1-26-14-12-23(32)30(26)19-9-4-2-7-17(19)25(33)29(26)16-13-22(31)28-15-6-10-20(28)24-27-18-8-3-5-11-21(18)34-24/h2-5,7-9,11,20H,6,10,12-16H2,1H3/t20-,26+/m0/s1. The second-order valence-corrected chi connectivity index (χ2v) is 10.5. The Balaban J connectivity index is 1.23. The molecule has 3 aliphatic rings. The summed E-state index contributed by atoms with van der Waals surface area (Å²) >= 11 is 1.65. The summed E-state index contributed by atoms with van der Waals surface area (Å²) in [5.41, 5.74) is 1.44. The number of anilines is 1. The molecule has 2 atom stereocenters. The highest BCUT2D eigenvalue weighted by molar-refractivity contribution is 7.18. The van der Waals surface area contributed by atoms with E-state index in [4.69, 9.17) is 4.98 Å². The van der Waals surface area contributed by atoms with Gasteiger partial charge < -0.3 is 9.80 Å². The molecule has 174 valence electrons. The van der Waals surface area contributed by atoms with Gasteiger partial charge in [-0.05, 0) is 50.5 Å². The fraction of sp³-hybridized carbons (Fsp3) is 0.385. The first-order valence-electron chi connectivity index (χ1n) is 11.9. The maximum Gasteiger partial charge on any atom is 0.257 e. The Kier molecular flexibility index (Phi) is 4.95. The van der Waals surface area contributed by atoms with Crippen molar-refractivity contribution in [2.45, 2.75) is 50.7 Å². The number of amides is 3. The van der Waals surface area contributed by atoms with Gasteiger partial charge in [0, 0.05) is 25.9 Å². The summed E-state index contributed by atoms with van der Waals surface area (Å²) in [6.07, 6.45) is 3.04. The molecule has 6 rings (SSSR count). The normalized spacial score (nSPS) is 24.1. The molecule has 3 aromatic rings. The van der Waals surface area contributed by atoms with Gasteiger partial charge >= 0.3 is 0 Å². The van der Waals surface area contributed by atoms with Crippen LogP contribution in [0.25, 0.3) is 10.2 Å². The van der Waals surface area contributed by atoms with Gasteiger partial charge in [0.2, 0.25) is 11.8 Å². The van der Waals surface area contributed by atoms with E-state index in [-0.39, 0.29) is 36.7 Å². The van der Waals surface area contributed by atoms with Gasteiger partial charge in [-0.15, -0.1) is 11.3 Å². The van der Waals surface area contributed by atoms with E-state index in [1.807, 2.05) is 48.2 Å². The SMILES string of the molecule is C[C@]12CCC(=O)N1c1ccccc1C(=O)N2CCC(=O)N1CCC[C@H]1c1nc2ccccc2s1. The molecule has 1 aromatic heterocycles. The van der Waals surface area contributed by atoms with Crippen molar-refractivity contribution in [1.29, 1.82) is 0 Å². The molecule has 7 nitrogen and oxygen atoms in total. The lowest BCUT2D eigenvalue weighted by molar-refractivity contribution is -0.132. The minimum atomic E-state index is -0.736. The average molecular weight is 475 g/mol. The van der Waals surface area contributed by atoms with Gasteiger partial charge in [-0.3, -0.25) is 19.3 Å². The molecule has 0 saturated carbocycles. The zero-order chi connectivity index (χ0) is 23.4. The van der Waals surface area contributed by atoms with Crippen LogP contribution in [0.2, 0.25) is 0 Å². The number of aromatic nitrogens is 1. The Morgan fingerprint density at radius 2 is 1.94 bits per heavy atom. The highest BCUT2D eigenvalue weighted by atomic mass is 32.1. The summed E-state index contributed by atoms with van der Waals surface area (Å²) in [7, 11) is 0. The number of para-hydroxylation sites is 2. The van der Waals surface area contributed by atoms with Crippen LogP contribution >= 0.6 is 11.3 Å². The molecule has 0 bridgehead atoms. The molecule has 4 heterocycles. The third-order valence-electron chi connectivity index (χ3n) is 7.46. The number of carbonyl (C=O) groups excluding carboxylic acids is 3. The molecule has 0 radical (unpaired) electrons. The van der Waals surface area contributed by atoms with Crippen molar-refractivity contribution in [3.05, 3.63) is 59.1 Å². The third-order valence-corrected chi connectivity index (χ3v) is 8.60. The Morgan fingerprint density at radius 1 is 1.15 bits per heavy atom. The van der Waals surface area contributed by atoms with Crippen molar-refractivity contribution in [3.8, 4) is 0 Å². The number of hydrogen-bond acceptors (Lipinski definition) is 5. The number of benzene rings is 2. The number of hydrogen-bond donors (Lipinski definition) is 0. The van der Waals surface area contributed by atoms with E-state index in [1.54, 1.807) is 27.2 Å². The Bertz CT molecular complexity index is 1290. The lowest BCUT2D eigenvalue weighted by Gasteiger charge is -2.48. The highest BCUT2D eigenvalue weighted by Gasteiger charge is 2.53. The maximum atomic E-state index is 13.4. The average Bonchev–Trinajstić information content (AvgIpc) is 3.56. The summed E-state index contributed by atoms with van der Waals surface area (Å²) in [5, 5.41) is 0.981. The monoisotopic (exact) mass is 474 g/mol. The molecule has 0 aliphatic carbocycles. The van der Waals surface area contributed by atoms with Gasteiger partial charge in [-0.2, -0.15) is 0 Å². The van der Waals surface area contributed by atoms with E-state index >= 15 is 0 Å². The molecule has 2 saturated heterocycles. The maximum absolute atomic E-state index is 13.4. The number of carbonyl (C=O) groups is 3. The molecule has 0 unspecified atom stereocenters. The number of likely N-dealkylation sites (tertiary alicyclic amines) is 1. The quantitative estimate of drug-likeness (QED) is 0.564. The minimum Gasteiger partial charge on any atom is -0.333 e. The minimum absolute atomic E-state index is 0.0113. The third kappa shape index (κ3) is 3.15. The number of thiazole rings is 1. The van der Waals surface area contributed by atoms with Crippen LogP contribution in [-0.4, -0.2) is 51.3 Å². The van der Waals surface area contributed by atoms with Crippen LogP contribution in [0.1, 0.15) is 60.4 Å². The highest BCUT2D eigenvalue weighted by Crippen LogP contribution is 2.44. The first-order chi connectivity index (χ1) is 16.5. The van der Waals surface area contributed by atoms with E-state index in [2.05, 4.69) is 6.07 Å². The molecular formula is C26H26N4O3S. The zero-order valence-electron chi connectivity index (χ0n) is 19.1. The van der Waals surface area contributed by atoms with Crippen LogP contribution in [0.15, 0.2) is 48.5 Å². The molecule has 3 amide bonds. The Labute approximate surface area is 202 Å². The molecule has 2 aromatic carbocycles. The Hall–Kier alpha value is -3.26. The molecule has 3 aliphatic heterocycles. The lowest BCUT2D eigenvalue weighted by atomic mass is 9.98. The fourth-order valence-electron chi connectivity index (χ4n) is 5.75. The summed E-state index contributed by atoms with van der Waals surface area (Å²) in [6.45, 7) is 2.93. The van der Waals surface area contributed by atoms with Crippen molar-refractivity contribution in [2.75, 3.05) is 18.0 Å². The lowest BCUT2D eigenvalue weighted by Crippen LogP contribution is -2.62. The van der Waals surface area contributed by atoms with Gasteiger partial charge in [0.1, 0.15) is 10.7 Å². The first kappa shape index (κ1) is 21.3. The first-order valence-corrected chi connectivity index (χ1v) is 12.7. The molecular weight excluding hydrogens is 448 g/mol. The predicted octanol–water partition coefficient (Wildman–Crippen LogP) is 4.35. The van der Waals surface area contributed by atoms with Crippen LogP contribution in [0.5, 0.6) is 0 Å². The molecule has 34 heavy (non-hydrogen) atoms. The van der Waals surface area contributed by atoms with E-state index < -0.39 is 5.66 Å². The van der Waals surface area contributed by atoms with Crippen molar-refractivity contribution in [3.63, 3.8) is 0 Å². The van der Waals surface area contributed by atoms with Gasteiger partial charge in [0.05, 0.1) is 27.5 Å². The summed E-state index contributed by atoms with van der Waals surface area (Å²) in [5.74, 6) is -0.0527. The summed E-state index contributed by atoms with van der Waals surface area (Å²) in [4.78, 5) is 49.8. The van der Waals surface area contributed by atoms with E-state index in [0.717, 1.165) is 28.1 Å². The number of nitrogens with zero attached hydrogens (tertiary/aromatic N) is 4. The Morgan fingerprint density at radius 3 is 2.79 bits per heavy atom. The summed E-state index contributed by atoms with van der Waals surface area (Å²) < 4.78 is 1.13. The van der Waals surface area contributed by atoms with Gasteiger partial charge in [0.15, 0.2) is 0 Å². The smallest absolute Gasteiger partial charge is 0.257 e. The molecule has 2 fully saturated rings. The molecule has 0 spiro atoms. The van der Waals surface area contributed by atoms with Crippen LogP contribution in [-0.2, 0) is 9.59 Å². The van der Waals surface area contributed by atoms with Crippen molar-refractivity contribution < 1.29 is 14.4 Å². The van der Waals surface area contributed by atoms with Crippen LogP contribution in [0.3, 0.4) is 0 Å². The van der Waals surface area contributed by atoms with Crippen LogP contribution in [0.4, 0.5) is 5.69 Å². The number of rotatable bonds is 4. The van der Waals surface area contributed by atoms with Gasteiger partial charge in [-0.25, -0.2) is 4.98 Å². The van der Waals surface area contributed by atoms with Crippen LogP contribution in [0, 0.1) is 0 Å². The second-order valence-electron chi connectivity index (χ2n) is 9.44. The van der Waals surface area contributed by atoms with E-state index in [9.17, 15) is 14.4 Å². The van der Waals surface area contributed by atoms with E-state index in [1.165, 1.54) is 0 Å². The molecule has 8 heteroatoms. The molecule has 0 N–H and O–H groups in total. The second kappa shape index (κ2) is 7.91.